The number of hydrogen-bond donors (Lipinski definition) is 2. The van der Waals surface area contributed by atoms with Crippen LogP contribution in [0.5, 0.6) is 0 Å². The first-order valence-corrected chi connectivity index (χ1v) is 8.59. The second-order valence-corrected chi connectivity index (χ2v) is 5.95. The SMILES string of the molecule is O=C(Nc1ncc2ccccc2n1)c1cc(-c2ccccc2)on1.O=C(O)C(F)(F)F. The number of alkyl halides is 3. The zero-order valence-corrected chi connectivity index (χ0v) is 15.5. The number of hydrogen-bond acceptors (Lipinski definition) is 6. The highest BCUT2D eigenvalue weighted by molar-refractivity contribution is 6.02. The minimum Gasteiger partial charge on any atom is -0.475 e. The summed E-state index contributed by atoms with van der Waals surface area (Å²) >= 11 is 0. The molecular formula is C20H13F3N4O4. The molecule has 0 aliphatic heterocycles. The number of carboxylic acid groups (broad SMARTS) is 1. The van der Waals surface area contributed by atoms with E-state index in [2.05, 4.69) is 20.4 Å². The monoisotopic (exact) mass is 430 g/mol. The van der Waals surface area contributed by atoms with Crippen LogP contribution in [0.4, 0.5) is 19.1 Å². The van der Waals surface area contributed by atoms with Gasteiger partial charge in [0, 0.05) is 23.2 Å². The largest absolute Gasteiger partial charge is 0.490 e. The van der Waals surface area contributed by atoms with Gasteiger partial charge in [-0.3, -0.25) is 10.1 Å². The summed E-state index contributed by atoms with van der Waals surface area (Å²) in [5, 5.41) is 14.5. The molecule has 0 saturated heterocycles. The van der Waals surface area contributed by atoms with Crippen LogP contribution in [0.2, 0.25) is 0 Å². The van der Waals surface area contributed by atoms with Crippen molar-refractivity contribution in [1.82, 2.24) is 15.1 Å². The van der Waals surface area contributed by atoms with Gasteiger partial charge in [-0.15, -0.1) is 0 Å². The number of nitrogens with one attached hydrogen (secondary N) is 1. The van der Waals surface area contributed by atoms with Crippen LogP contribution in [0.25, 0.3) is 22.2 Å². The number of para-hydroxylation sites is 1. The van der Waals surface area contributed by atoms with E-state index >= 15 is 0 Å². The van der Waals surface area contributed by atoms with Gasteiger partial charge in [-0.25, -0.2) is 14.8 Å². The molecule has 0 aliphatic rings. The number of halogens is 3. The second kappa shape index (κ2) is 9.03. The Hall–Kier alpha value is -4.28. The maximum Gasteiger partial charge on any atom is 0.490 e. The first-order chi connectivity index (χ1) is 14.7. The molecule has 0 saturated carbocycles. The fourth-order valence-corrected chi connectivity index (χ4v) is 2.32. The number of aliphatic carboxylic acids is 1. The molecule has 158 valence electrons. The van der Waals surface area contributed by atoms with Gasteiger partial charge in [-0.1, -0.05) is 53.7 Å². The number of amides is 1. The number of aromatic nitrogens is 3. The Bertz CT molecular complexity index is 1210. The lowest BCUT2D eigenvalue weighted by Crippen LogP contribution is -2.21. The van der Waals surface area contributed by atoms with Crippen LogP contribution >= 0.6 is 0 Å². The third kappa shape index (κ3) is 5.63. The lowest BCUT2D eigenvalue weighted by Gasteiger charge is -2.02. The molecule has 2 heterocycles. The van der Waals surface area contributed by atoms with Gasteiger partial charge in [0.15, 0.2) is 11.5 Å². The summed E-state index contributed by atoms with van der Waals surface area (Å²) < 4.78 is 37.0. The summed E-state index contributed by atoms with van der Waals surface area (Å²) in [6.45, 7) is 0. The van der Waals surface area contributed by atoms with Crippen molar-refractivity contribution in [2.45, 2.75) is 6.18 Å². The van der Waals surface area contributed by atoms with Gasteiger partial charge in [0.05, 0.1) is 5.52 Å². The molecule has 0 bridgehead atoms. The van der Waals surface area contributed by atoms with E-state index in [1.807, 2.05) is 54.6 Å². The molecule has 0 radical (unpaired) electrons. The minimum atomic E-state index is -5.08. The molecule has 2 N–H and O–H groups in total. The minimum absolute atomic E-state index is 0.172. The maximum absolute atomic E-state index is 12.3. The number of anilines is 1. The fourth-order valence-electron chi connectivity index (χ4n) is 2.32. The van der Waals surface area contributed by atoms with E-state index < -0.39 is 18.1 Å². The molecule has 0 unspecified atom stereocenters. The molecule has 4 rings (SSSR count). The first kappa shape index (κ1) is 21.4. The summed E-state index contributed by atoms with van der Waals surface area (Å²) in [6.07, 6.45) is -3.42. The van der Waals surface area contributed by atoms with Crippen molar-refractivity contribution in [2.75, 3.05) is 5.32 Å². The molecule has 0 aliphatic carbocycles. The highest BCUT2D eigenvalue weighted by Crippen LogP contribution is 2.20. The smallest absolute Gasteiger partial charge is 0.475 e. The summed E-state index contributed by atoms with van der Waals surface area (Å²) in [6, 6.07) is 18.6. The zero-order chi connectivity index (χ0) is 22.4. The molecule has 0 spiro atoms. The summed E-state index contributed by atoms with van der Waals surface area (Å²) in [5.41, 5.74) is 1.78. The Morgan fingerprint density at radius 2 is 1.65 bits per heavy atom. The van der Waals surface area contributed by atoms with Gasteiger partial charge in [-0.2, -0.15) is 13.2 Å². The number of benzene rings is 2. The summed E-state index contributed by atoms with van der Waals surface area (Å²) in [5.74, 6) is -2.42. The Balaban J connectivity index is 0.000000339. The van der Waals surface area contributed by atoms with Crippen LogP contribution in [0.15, 0.2) is 71.4 Å². The van der Waals surface area contributed by atoms with Crippen LogP contribution < -0.4 is 5.32 Å². The maximum atomic E-state index is 12.3. The topological polar surface area (TPSA) is 118 Å². The molecule has 0 atom stereocenters. The van der Waals surface area contributed by atoms with Crippen LogP contribution in [0.1, 0.15) is 10.5 Å². The van der Waals surface area contributed by atoms with E-state index in [-0.39, 0.29) is 11.6 Å². The van der Waals surface area contributed by atoms with E-state index in [0.717, 1.165) is 16.5 Å². The molecule has 31 heavy (non-hydrogen) atoms. The number of rotatable bonds is 3. The van der Waals surface area contributed by atoms with Crippen molar-refractivity contribution in [3.63, 3.8) is 0 Å². The van der Waals surface area contributed by atoms with E-state index in [9.17, 15) is 18.0 Å². The number of carboxylic acids is 1. The number of nitrogens with zero attached hydrogens (tertiary/aromatic N) is 3. The lowest BCUT2D eigenvalue weighted by atomic mass is 10.1. The van der Waals surface area contributed by atoms with Gasteiger partial charge in [0.1, 0.15) is 0 Å². The van der Waals surface area contributed by atoms with E-state index in [1.165, 1.54) is 0 Å². The predicted octanol–water partition coefficient (Wildman–Crippen LogP) is 4.17. The predicted molar refractivity (Wildman–Crippen MR) is 103 cm³/mol. The van der Waals surface area contributed by atoms with Crippen LogP contribution in [0, 0.1) is 0 Å². The Kier molecular flexibility index (Phi) is 6.24. The fraction of sp³-hybridized carbons (Fsp3) is 0.0500. The van der Waals surface area contributed by atoms with E-state index in [4.69, 9.17) is 14.4 Å². The first-order valence-electron chi connectivity index (χ1n) is 8.59. The van der Waals surface area contributed by atoms with E-state index in [1.54, 1.807) is 12.3 Å². The third-order valence-electron chi connectivity index (χ3n) is 3.76. The molecular weight excluding hydrogens is 417 g/mol. The number of carbonyl (C=O) groups is 2. The van der Waals surface area contributed by atoms with Crippen molar-refractivity contribution >= 4 is 28.7 Å². The van der Waals surface area contributed by atoms with Crippen molar-refractivity contribution in [3.8, 4) is 11.3 Å². The van der Waals surface area contributed by atoms with Gasteiger partial charge < -0.3 is 9.63 Å². The lowest BCUT2D eigenvalue weighted by molar-refractivity contribution is -0.192. The molecule has 2 aromatic carbocycles. The Morgan fingerprint density at radius 3 is 2.32 bits per heavy atom. The average Bonchev–Trinajstić information content (AvgIpc) is 3.25. The highest BCUT2D eigenvalue weighted by Gasteiger charge is 2.38. The van der Waals surface area contributed by atoms with Gasteiger partial charge in [0.25, 0.3) is 5.91 Å². The molecule has 11 heteroatoms. The van der Waals surface area contributed by atoms with E-state index in [0.29, 0.717) is 5.76 Å². The standard InChI is InChI=1S/C18H12N4O2.C2HF3O2/c23-17(15-10-16(24-22-15)12-6-2-1-3-7-12)21-18-19-11-13-8-4-5-9-14(13)20-18;3-2(4,5)1(6)7/h1-11H,(H,19,20,21,23);(H,6,7). The zero-order valence-electron chi connectivity index (χ0n) is 15.5. The summed E-state index contributed by atoms with van der Waals surface area (Å²) in [4.78, 5) is 29.6. The average molecular weight is 430 g/mol. The van der Waals surface area contributed by atoms with Crippen molar-refractivity contribution < 1.29 is 32.4 Å². The number of fused-ring (bicyclic) bond motifs is 1. The highest BCUT2D eigenvalue weighted by atomic mass is 19.4. The van der Waals surface area contributed by atoms with Gasteiger partial charge >= 0.3 is 12.1 Å². The quantitative estimate of drug-likeness (QED) is 0.501. The van der Waals surface area contributed by atoms with Crippen LogP contribution in [-0.4, -0.2) is 38.3 Å². The van der Waals surface area contributed by atoms with Crippen molar-refractivity contribution in [2.24, 2.45) is 0 Å². The van der Waals surface area contributed by atoms with Crippen molar-refractivity contribution in [1.29, 1.82) is 0 Å². The normalized spacial score (nSPS) is 10.8. The molecule has 8 nitrogen and oxygen atoms in total. The Labute approximate surface area is 172 Å². The van der Waals surface area contributed by atoms with Gasteiger partial charge in [0.2, 0.25) is 5.95 Å². The number of carbonyl (C=O) groups excluding carboxylic acids is 1. The molecule has 2 aromatic heterocycles. The van der Waals surface area contributed by atoms with Crippen molar-refractivity contribution in [3.05, 3.63) is 72.6 Å². The second-order valence-electron chi connectivity index (χ2n) is 5.95. The molecule has 1 amide bonds. The third-order valence-corrected chi connectivity index (χ3v) is 3.76. The van der Waals surface area contributed by atoms with Gasteiger partial charge in [-0.05, 0) is 6.07 Å². The van der Waals surface area contributed by atoms with Crippen LogP contribution in [-0.2, 0) is 4.79 Å². The molecule has 0 fully saturated rings. The molecule has 4 aromatic rings. The summed E-state index contributed by atoms with van der Waals surface area (Å²) in [7, 11) is 0. The van der Waals surface area contributed by atoms with Crippen LogP contribution in [0.3, 0.4) is 0 Å². The Morgan fingerprint density at radius 1 is 1.00 bits per heavy atom.